The van der Waals surface area contributed by atoms with E-state index in [1.54, 1.807) is 0 Å². The van der Waals surface area contributed by atoms with E-state index in [1.807, 2.05) is 25.2 Å². The molecule has 0 aromatic carbocycles. The zero-order valence-electron chi connectivity index (χ0n) is 8.42. The van der Waals surface area contributed by atoms with Gasteiger partial charge >= 0.3 is 0 Å². The summed E-state index contributed by atoms with van der Waals surface area (Å²) < 4.78 is 5.19. The van der Waals surface area contributed by atoms with Gasteiger partial charge in [0.25, 0.3) is 0 Å². The molecule has 0 amide bonds. The van der Waals surface area contributed by atoms with Crippen LogP contribution >= 0.6 is 0 Å². The van der Waals surface area contributed by atoms with Crippen LogP contribution in [0.4, 0.5) is 0 Å². The largest absolute Gasteiger partial charge is 0.380 e. The molecule has 0 bridgehead atoms. The molecule has 0 aliphatic rings. The Morgan fingerprint density at radius 2 is 2.17 bits per heavy atom. The molecule has 0 saturated carbocycles. The van der Waals surface area contributed by atoms with Gasteiger partial charge in [-0.1, -0.05) is 13.3 Å². The Hall–Kier alpha value is -0.570. The summed E-state index contributed by atoms with van der Waals surface area (Å²) in [6, 6.07) is 0. The molecule has 0 saturated heterocycles. The number of rotatable bonds is 7. The Balaban J connectivity index is 3.26. The van der Waals surface area contributed by atoms with Crippen molar-refractivity contribution in [3.05, 3.63) is 0 Å². The Bertz CT molecular complexity index is 115. The van der Waals surface area contributed by atoms with E-state index in [-0.39, 0.29) is 0 Å². The lowest BCUT2D eigenvalue weighted by Gasteiger charge is -2.11. The van der Waals surface area contributed by atoms with Crippen molar-refractivity contribution >= 4 is 6.21 Å². The highest BCUT2D eigenvalue weighted by molar-refractivity contribution is 5.56. The van der Waals surface area contributed by atoms with Gasteiger partial charge in [0.05, 0.1) is 13.2 Å². The van der Waals surface area contributed by atoms with Crippen molar-refractivity contribution in [2.75, 3.05) is 26.8 Å². The summed E-state index contributed by atoms with van der Waals surface area (Å²) >= 11 is 0. The first kappa shape index (κ1) is 11.4. The maximum absolute atomic E-state index is 5.19. The number of nitrogens with zero attached hydrogens (tertiary/aromatic N) is 2. The number of ether oxygens (including phenoxy) is 1. The highest BCUT2D eigenvalue weighted by atomic mass is 16.5. The normalized spacial score (nSPS) is 10.9. The minimum atomic E-state index is 0.760. The smallest absolute Gasteiger partial charge is 0.0658 e. The van der Waals surface area contributed by atoms with Gasteiger partial charge in [-0.25, -0.2) is 0 Å². The Kier molecular flexibility index (Phi) is 8.12. The summed E-state index contributed by atoms with van der Waals surface area (Å²) in [7, 11) is 1.96. The maximum Gasteiger partial charge on any atom is 0.0658 e. The van der Waals surface area contributed by atoms with Crippen LogP contribution in [0.25, 0.3) is 0 Å². The maximum atomic E-state index is 5.19. The molecule has 0 unspecified atom stereocenters. The first-order valence-electron chi connectivity index (χ1n) is 4.62. The van der Waals surface area contributed by atoms with Crippen LogP contribution in [0.3, 0.4) is 0 Å². The molecule has 0 spiro atoms. The molecule has 0 atom stereocenters. The number of hydrogen-bond acceptors (Lipinski definition) is 3. The Labute approximate surface area is 75.4 Å². The van der Waals surface area contributed by atoms with Crippen molar-refractivity contribution in [3.63, 3.8) is 0 Å². The van der Waals surface area contributed by atoms with E-state index in [2.05, 4.69) is 12.0 Å². The third kappa shape index (κ3) is 7.54. The molecule has 3 nitrogen and oxygen atoms in total. The van der Waals surface area contributed by atoms with Gasteiger partial charge < -0.3 is 4.74 Å². The van der Waals surface area contributed by atoms with Gasteiger partial charge in [0.15, 0.2) is 0 Å². The molecular formula is C9H20N2O. The predicted octanol–water partition coefficient (Wildman–Crippen LogP) is 1.74. The minimum absolute atomic E-state index is 0.760. The summed E-state index contributed by atoms with van der Waals surface area (Å²) in [5, 5.41) is 6.12. The molecule has 72 valence electrons. The van der Waals surface area contributed by atoms with E-state index in [4.69, 9.17) is 4.74 Å². The van der Waals surface area contributed by atoms with Crippen LogP contribution in [0, 0.1) is 0 Å². The van der Waals surface area contributed by atoms with Crippen LogP contribution in [-0.2, 0) is 4.74 Å². The molecule has 0 fully saturated rings. The van der Waals surface area contributed by atoms with E-state index in [0.29, 0.717) is 0 Å². The van der Waals surface area contributed by atoms with Crippen LogP contribution in [0.1, 0.15) is 26.7 Å². The van der Waals surface area contributed by atoms with Gasteiger partial charge in [-0.15, -0.1) is 0 Å². The van der Waals surface area contributed by atoms with E-state index < -0.39 is 0 Å². The quantitative estimate of drug-likeness (QED) is 0.332. The van der Waals surface area contributed by atoms with Gasteiger partial charge in [0, 0.05) is 19.9 Å². The summed E-state index contributed by atoms with van der Waals surface area (Å²) in [6.07, 6.45) is 4.16. The molecule has 0 N–H and O–H groups in total. The number of unbranched alkanes of at least 4 members (excludes halogenated alkanes) is 1. The second kappa shape index (κ2) is 8.53. The second-order valence-electron chi connectivity index (χ2n) is 2.66. The van der Waals surface area contributed by atoms with Crippen molar-refractivity contribution in [2.24, 2.45) is 5.10 Å². The summed E-state index contributed by atoms with van der Waals surface area (Å²) in [6.45, 7) is 6.56. The van der Waals surface area contributed by atoms with Crippen molar-refractivity contribution in [1.29, 1.82) is 0 Å². The van der Waals surface area contributed by atoms with Crippen LogP contribution in [-0.4, -0.2) is 38.0 Å². The number of hydrazone groups is 1. The molecule has 0 aromatic heterocycles. The van der Waals surface area contributed by atoms with Gasteiger partial charge in [-0.2, -0.15) is 5.10 Å². The number of hydrogen-bond donors (Lipinski definition) is 0. The molecule has 0 rings (SSSR count). The molecular weight excluding hydrogens is 152 g/mol. The lowest BCUT2D eigenvalue weighted by atomic mass is 10.4. The van der Waals surface area contributed by atoms with E-state index in [0.717, 1.165) is 32.6 Å². The monoisotopic (exact) mass is 172 g/mol. The van der Waals surface area contributed by atoms with Crippen LogP contribution in [0.15, 0.2) is 5.10 Å². The van der Waals surface area contributed by atoms with E-state index >= 15 is 0 Å². The Morgan fingerprint density at radius 1 is 1.42 bits per heavy atom. The first-order valence-corrected chi connectivity index (χ1v) is 4.62. The van der Waals surface area contributed by atoms with Gasteiger partial charge in [-0.05, 0) is 13.3 Å². The Morgan fingerprint density at radius 3 is 2.75 bits per heavy atom. The highest BCUT2D eigenvalue weighted by Gasteiger charge is 1.90. The lowest BCUT2D eigenvalue weighted by molar-refractivity contribution is 0.123. The minimum Gasteiger partial charge on any atom is -0.380 e. The average Bonchev–Trinajstić information content (AvgIpc) is 2.06. The fourth-order valence-electron chi connectivity index (χ4n) is 0.725. The molecule has 3 heteroatoms. The van der Waals surface area contributed by atoms with Gasteiger partial charge in [0.1, 0.15) is 0 Å². The van der Waals surface area contributed by atoms with Crippen LogP contribution in [0.5, 0.6) is 0 Å². The predicted molar refractivity (Wildman–Crippen MR) is 52.5 cm³/mol. The topological polar surface area (TPSA) is 24.8 Å². The number of likely N-dealkylation sites (N-methyl/N-ethyl adjacent to an activating group) is 1. The average molecular weight is 172 g/mol. The third-order valence-electron chi connectivity index (χ3n) is 1.46. The summed E-state index contributed by atoms with van der Waals surface area (Å²) in [5.41, 5.74) is 0. The fraction of sp³-hybridized carbons (Fsp3) is 0.889. The third-order valence-corrected chi connectivity index (χ3v) is 1.46. The summed E-state index contributed by atoms with van der Waals surface area (Å²) in [4.78, 5) is 0. The van der Waals surface area contributed by atoms with Gasteiger partial charge in [-0.3, -0.25) is 5.01 Å². The fourth-order valence-corrected chi connectivity index (χ4v) is 0.725. The molecule has 12 heavy (non-hydrogen) atoms. The molecule has 0 aliphatic carbocycles. The molecule has 0 heterocycles. The zero-order valence-corrected chi connectivity index (χ0v) is 8.42. The van der Waals surface area contributed by atoms with Gasteiger partial charge in [0.2, 0.25) is 0 Å². The van der Waals surface area contributed by atoms with E-state index in [9.17, 15) is 0 Å². The van der Waals surface area contributed by atoms with Crippen molar-refractivity contribution < 1.29 is 4.74 Å². The SMILES string of the molecule is CCCC=NN(C)CCOCC. The summed E-state index contributed by atoms with van der Waals surface area (Å²) in [5.74, 6) is 0. The van der Waals surface area contributed by atoms with Crippen molar-refractivity contribution in [2.45, 2.75) is 26.7 Å². The van der Waals surface area contributed by atoms with E-state index in [1.165, 1.54) is 0 Å². The highest BCUT2D eigenvalue weighted by Crippen LogP contribution is 1.86. The zero-order chi connectivity index (χ0) is 9.23. The van der Waals surface area contributed by atoms with Crippen molar-refractivity contribution in [1.82, 2.24) is 5.01 Å². The standard InChI is InChI=1S/C9H20N2O/c1-4-6-7-10-11(3)8-9-12-5-2/h7H,4-6,8-9H2,1-3H3. The lowest BCUT2D eigenvalue weighted by Crippen LogP contribution is -2.17. The first-order chi connectivity index (χ1) is 5.81. The second-order valence-corrected chi connectivity index (χ2v) is 2.66. The molecule has 0 aliphatic heterocycles. The molecule has 0 radical (unpaired) electrons. The molecule has 0 aromatic rings. The van der Waals surface area contributed by atoms with Crippen LogP contribution < -0.4 is 0 Å². The van der Waals surface area contributed by atoms with Crippen LogP contribution in [0.2, 0.25) is 0 Å². The van der Waals surface area contributed by atoms with Crippen molar-refractivity contribution in [3.8, 4) is 0 Å².